The summed E-state index contributed by atoms with van der Waals surface area (Å²) in [6, 6.07) is -2.57. The largest absolute Gasteiger partial charge is 0.328 e. The van der Waals surface area contributed by atoms with Gasteiger partial charge in [-0.05, 0) is 44.1 Å². The molecule has 8 heteroatoms. The number of hydrogen-bond acceptors (Lipinski definition) is 5. The highest BCUT2D eigenvalue weighted by Gasteiger charge is 2.51. The van der Waals surface area contributed by atoms with Gasteiger partial charge in [-0.1, -0.05) is 13.8 Å². The fraction of sp³-hybridized carbons (Fsp3) is 0.765. The molecule has 2 fully saturated rings. The van der Waals surface area contributed by atoms with Gasteiger partial charge in [0.2, 0.25) is 5.91 Å². The Bertz CT molecular complexity index is 554. The van der Waals surface area contributed by atoms with Crippen LogP contribution in [0.15, 0.2) is 0 Å². The van der Waals surface area contributed by atoms with Crippen LogP contribution in [-0.4, -0.2) is 70.1 Å². The zero-order valence-corrected chi connectivity index (χ0v) is 16.0. The first-order valence-electron chi connectivity index (χ1n) is 8.71. The molecule has 1 unspecified atom stereocenters. The summed E-state index contributed by atoms with van der Waals surface area (Å²) in [5, 5.41) is 2.68. The Labute approximate surface area is 152 Å². The quantitative estimate of drug-likeness (QED) is 0.514. The minimum absolute atomic E-state index is 0.181. The van der Waals surface area contributed by atoms with Crippen LogP contribution in [0.4, 0.5) is 4.79 Å². The molecule has 4 amide bonds. The van der Waals surface area contributed by atoms with Gasteiger partial charge in [0.15, 0.2) is 0 Å². The van der Waals surface area contributed by atoms with Gasteiger partial charge in [0.1, 0.15) is 18.4 Å². The Kier molecular flexibility index (Phi) is 6.48. The van der Waals surface area contributed by atoms with Crippen LogP contribution in [0.25, 0.3) is 0 Å². The number of aldehydes is 1. The first-order valence-corrected chi connectivity index (χ1v) is 10.1. The number of nitrogens with one attached hydrogen (secondary N) is 1. The summed E-state index contributed by atoms with van der Waals surface area (Å²) in [7, 11) is 0. The second-order valence-electron chi connectivity index (χ2n) is 7.17. The van der Waals surface area contributed by atoms with Crippen molar-refractivity contribution in [1.82, 2.24) is 15.1 Å². The predicted octanol–water partition coefficient (Wildman–Crippen LogP) is 1.26. The molecule has 2 rings (SSSR count). The first kappa shape index (κ1) is 19.8. The fourth-order valence-corrected chi connectivity index (χ4v) is 4.10. The SMILES string of the molecule is CSCC[C@@H](C=O)N1C(=O)[C@@H](N2C(=O)N[C@@H](CC(C)C)C2=O)CC1C. The maximum absolute atomic E-state index is 12.9. The van der Waals surface area contributed by atoms with E-state index in [-0.39, 0.29) is 23.8 Å². The van der Waals surface area contributed by atoms with E-state index in [0.717, 1.165) is 16.9 Å². The molecule has 7 nitrogen and oxygen atoms in total. The Morgan fingerprint density at radius 3 is 2.52 bits per heavy atom. The zero-order valence-electron chi connectivity index (χ0n) is 15.2. The lowest BCUT2D eigenvalue weighted by Gasteiger charge is -2.28. The topological polar surface area (TPSA) is 86.8 Å². The molecular formula is C17H27N3O4S. The van der Waals surface area contributed by atoms with Crippen LogP contribution in [0.1, 0.15) is 40.0 Å². The molecular weight excluding hydrogens is 342 g/mol. The van der Waals surface area contributed by atoms with Crippen LogP contribution in [0.2, 0.25) is 0 Å². The lowest BCUT2D eigenvalue weighted by molar-refractivity contribution is -0.141. The molecule has 0 aromatic carbocycles. The van der Waals surface area contributed by atoms with Crippen molar-refractivity contribution in [2.75, 3.05) is 12.0 Å². The van der Waals surface area contributed by atoms with Crippen molar-refractivity contribution in [2.24, 2.45) is 5.92 Å². The van der Waals surface area contributed by atoms with E-state index in [1.807, 2.05) is 27.0 Å². The monoisotopic (exact) mass is 369 g/mol. The summed E-state index contributed by atoms with van der Waals surface area (Å²) in [6.45, 7) is 5.82. The summed E-state index contributed by atoms with van der Waals surface area (Å²) in [5.41, 5.74) is 0. The summed E-state index contributed by atoms with van der Waals surface area (Å²) in [6.07, 6.45) is 4.23. The third kappa shape index (κ3) is 3.99. The van der Waals surface area contributed by atoms with Gasteiger partial charge in [0.05, 0.1) is 6.04 Å². The van der Waals surface area contributed by atoms with Gasteiger partial charge in [-0.25, -0.2) is 9.69 Å². The molecule has 0 saturated carbocycles. The van der Waals surface area contributed by atoms with Crippen molar-refractivity contribution in [3.63, 3.8) is 0 Å². The van der Waals surface area contributed by atoms with E-state index in [0.29, 0.717) is 19.3 Å². The standard InChI is InChI=1S/C17H27N3O4S/c1-10(2)7-13-15(22)20(17(24)18-13)14-8-11(3)19(16(14)23)12(9-21)5-6-25-4/h9-14H,5-8H2,1-4H3,(H,18,24)/t11?,12-,13-,14-/m0/s1. The van der Waals surface area contributed by atoms with Gasteiger partial charge in [0, 0.05) is 6.04 Å². The van der Waals surface area contributed by atoms with Crippen molar-refractivity contribution < 1.29 is 19.2 Å². The van der Waals surface area contributed by atoms with Crippen molar-refractivity contribution in [3.8, 4) is 0 Å². The molecule has 2 heterocycles. The van der Waals surface area contributed by atoms with Crippen molar-refractivity contribution in [3.05, 3.63) is 0 Å². The normalized spacial score (nSPS) is 28.0. The number of hydrogen-bond donors (Lipinski definition) is 1. The van der Waals surface area contributed by atoms with Gasteiger partial charge in [-0.2, -0.15) is 11.8 Å². The number of amides is 4. The lowest BCUT2D eigenvalue weighted by Crippen LogP contribution is -2.48. The molecule has 1 N–H and O–H groups in total. The highest BCUT2D eigenvalue weighted by molar-refractivity contribution is 7.98. The highest BCUT2D eigenvalue weighted by atomic mass is 32.2. The Balaban J connectivity index is 2.15. The van der Waals surface area contributed by atoms with Crippen LogP contribution in [0.3, 0.4) is 0 Å². The molecule has 0 spiro atoms. The van der Waals surface area contributed by atoms with Crippen molar-refractivity contribution in [1.29, 1.82) is 0 Å². The van der Waals surface area contributed by atoms with Crippen LogP contribution < -0.4 is 5.32 Å². The van der Waals surface area contributed by atoms with E-state index in [4.69, 9.17) is 0 Å². The highest BCUT2D eigenvalue weighted by Crippen LogP contribution is 2.29. The summed E-state index contributed by atoms with van der Waals surface area (Å²) >= 11 is 1.61. The summed E-state index contributed by atoms with van der Waals surface area (Å²) in [4.78, 5) is 51.8. The number of imide groups is 1. The Morgan fingerprint density at radius 1 is 1.28 bits per heavy atom. The number of thioether (sulfide) groups is 1. The van der Waals surface area contributed by atoms with Gasteiger partial charge in [0.25, 0.3) is 5.91 Å². The van der Waals surface area contributed by atoms with Crippen LogP contribution in [0.5, 0.6) is 0 Å². The van der Waals surface area contributed by atoms with Crippen LogP contribution in [0, 0.1) is 5.92 Å². The molecule has 0 radical (unpaired) electrons. The average Bonchev–Trinajstić information content (AvgIpc) is 2.97. The number of carbonyl (C=O) groups excluding carboxylic acids is 4. The number of nitrogens with zero attached hydrogens (tertiary/aromatic N) is 2. The minimum Gasteiger partial charge on any atom is -0.328 e. The molecule has 0 aromatic heterocycles. The molecule has 0 aromatic rings. The summed E-state index contributed by atoms with van der Waals surface area (Å²) < 4.78 is 0. The molecule has 4 atom stereocenters. The van der Waals surface area contributed by atoms with Gasteiger partial charge in [-0.3, -0.25) is 9.59 Å². The number of rotatable bonds is 8. The molecule has 140 valence electrons. The smallest absolute Gasteiger partial charge is 0.325 e. The second-order valence-corrected chi connectivity index (χ2v) is 8.16. The maximum atomic E-state index is 12.9. The molecule has 2 aliphatic rings. The molecule has 2 saturated heterocycles. The van der Waals surface area contributed by atoms with Gasteiger partial charge >= 0.3 is 6.03 Å². The summed E-state index contributed by atoms with van der Waals surface area (Å²) in [5.74, 6) is 0.386. The average molecular weight is 369 g/mol. The fourth-order valence-electron chi connectivity index (χ4n) is 3.62. The number of likely N-dealkylation sites (tertiary alicyclic amines) is 1. The van der Waals surface area contributed by atoms with Gasteiger partial charge in [-0.15, -0.1) is 0 Å². The Hall–Kier alpha value is -1.57. The number of urea groups is 1. The Morgan fingerprint density at radius 2 is 1.96 bits per heavy atom. The van der Waals surface area contributed by atoms with E-state index in [1.54, 1.807) is 16.7 Å². The molecule has 25 heavy (non-hydrogen) atoms. The van der Waals surface area contributed by atoms with E-state index >= 15 is 0 Å². The maximum Gasteiger partial charge on any atom is 0.325 e. The lowest BCUT2D eigenvalue weighted by atomic mass is 10.0. The van der Waals surface area contributed by atoms with E-state index in [1.165, 1.54) is 0 Å². The third-order valence-electron chi connectivity index (χ3n) is 4.78. The van der Waals surface area contributed by atoms with E-state index in [2.05, 4.69) is 5.32 Å². The van der Waals surface area contributed by atoms with Crippen molar-refractivity contribution >= 4 is 35.9 Å². The predicted molar refractivity (Wildman–Crippen MR) is 96.2 cm³/mol. The van der Waals surface area contributed by atoms with E-state index < -0.39 is 24.2 Å². The first-order chi connectivity index (χ1) is 11.8. The van der Waals surface area contributed by atoms with Crippen LogP contribution in [-0.2, 0) is 14.4 Å². The van der Waals surface area contributed by atoms with E-state index in [9.17, 15) is 19.2 Å². The number of carbonyl (C=O) groups is 4. The van der Waals surface area contributed by atoms with Crippen molar-refractivity contribution in [2.45, 2.75) is 64.2 Å². The molecule has 2 aliphatic heterocycles. The minimum atomic E-state index is -0.809. The third-order valence-corrected chi connectivity index (χ3v) is 5.43. The van der Waals surface area contributed by atoms with Gasteiger partial charge < -0.3 is 15.0 Å². The molecule has 0 aliphatic carbocycles. The zero-order chi connectivity index (χ0) is 18.7. The van der Waals surface area contributed by atoms with Crippen LogP contribution >= 0.6 is 11.8 Å². The second kappa shape index (κ2) is 8.21. The molecule has 0 bridgehead atoms.